The van der Waals surface area contributed by atoms with Crippen molar-refractivity contribution in [2.24, 2.45) is 5.73 Å². The molecule has 1 aliphatic rings. The third-order valence-corrected chi connectivity index (χ3v) is 4.68. The van der Waals surface area contributed by atoms with Crippen molar-refractivity contribution in [2.45, 2.75) is 31.8 Å². The van der Waals surface area contributed by atoms with Crippen LogP contribution in [-0.4, -0.2) is 27.5 Å². The number of piperidine rings is 1. The third-order valence-electron chi connectivity index (χ3n) is 4.45. The first kappa shape index (κ1) is 16.5. The molecule has 1 fully saturated rings. The Hall–Kier alpha value is -2.36. The minimum atomic E-state index is -0.478. The summed E-state index contributed by atoms with van der Waals surface area (Å²) in [5, 5.41) is 16.8. The molecule has 1 saturated heterocycles. The second kappa shape index (κ2) is 7.04. The molecule has 6 nitrogen and oxygen atoms in total. The number of nitriles is 1. The van der Waals surface area contributed by atoms with E-state index >= 15 is 0 Å². The van der Waals surface area contributed by atoms with Crippen LogP contribution >= 0.6 is 11.6 Å². The molecule has 3 N–H and O–H groups in total. The summed E-state index contributed by atoms with van der Waals surface area (Å²) in [5.41, 5.74) is 8.14. The van der Waals surface area contributed by atoms with Gasteiger partial charge in [0.1, 0.15) is 0 Å². The molecule has 124 valence electrons. The standard InChI is InChI=1S/C17H18ClN5O/c18-13-5-4-11(12(7-13)8-19)10-23-6-2-1-3-15(23)16-14(17(20)24)9-21-22-16/h4-5,7,9,15H,1-3,6,10H2,(H2,20,24)(H,21,22). The zero-order valence-electron chi connectivity index (χ0n) is 13.1. The van der Waals surface area contributed by atoms with Crippen LogP contribution in [0.3, 0.4) is 0 Å². The van der Waals surface area contributed by atoms with Gasteiger partial charge in [-0.2, -0.15) is 10.4 Å². The van der Waals surface area contributed by atoms with Crippen molar-refractivity contribution in [3.63, 3.8) is 0 Å². The molecule has 1 aliphatic heterocycles. The number of rotatable bonds is 4. The molecule has 0 saturated carbocycles. The first-order valence-corrected chi connectivity index (χ1v) is 8.23. The van der Waals surface area contributed by atoms with E-state index in [-0.39, 0.29) is 6.04 Å². The number of hydrogen-bond donors (Lipinski definition) is 2. The van der Waals surface area contributed by atoms with Gasteiger partial charge < -0.3 is 5.73 Å². The number of carbonyl (C=O) groups is 1. The van der Waals surface area contributed by atoms with Gasteiger partial charge >= 0.3 is 0 Å². The number of benzene rings is 1. The molecule has 3 rings (SSSR count). The lowest BCUT2D eigenvalue weighted by Gasteiger charge is -2.35. The molecule has 1 amide bonds. The van der Waals surface area contributed by atoms with Crippen LogP contribution in [0.5, 0.6) is 0 Å². The van der Waals surface area contributed by atoms with E-state index in [1.807, 2.05) is 6.07 Å². The van der Waals surface area contributed by atoms with Gasteiger partial charge in [-0.15, -0.1) is 0 Å². The van der Waals surface area contributed by atoms with Crippen molar-refractivity contribution >= 4 is 17.5 Å². The fourth-order valence-corrected chi connectivity index (χ4v) is 3.44. The van der Waals surface area contributed by atoms with Crippen molar-refractivity contribution in [3.05, 3.63) is 51.8 Å². The number of primary amides is 1. The molecule has 1 aromatic carbocycles. The fourth-order valence-electron chi connectivity index (χ4n) is 3.26. The Morgan fingerprint density at radius 3 is 3.08 bits per heavy atom. The lowest BCUT2D eigenvalue weighted by molar-refractivity contribution is 0.0990. The molecule has 0 spiro atoms. The molecule has 1 atom stereocenters. The Morgan fingerprint density at radius 2 is 2.33 bits per heavy atom. The van der Waals surface area contributed by atoms with E-state index in [9.17, 15) is 10.1 Å². The number of nitrogens with one attached hydrogen (secondary N) is 1. The van der Waals surface area contributed by atoms with Crippen LogP contribution in [0.2, 0.25) is 5.02 Å². The highest BCUT2D eigenvalue weighted by Gasteiger charge is 2.29. The average molecular weight is 344 g/mol. The fraction of sp³-hybridized carbons (Fsp3) is 0.353. The minimum Gasteiger partial charge on any atom is -0.365 e. The summed E-state index contributed by atoms with van der Waals surface area (Å²) >= 11 is 5.97. The average Bonchev–Trinajstić information content (AvgIpc) is 3.06. The van der Waals surface area contributed by atoms with E-state index in [1.54, 1.807) is 12.1 Å². The van der Waals surface area contributed by atoms with Crippen LogP contribution in [0.15, 0.2) is 24.4 Å². The Bertz CT molecular complexity index is 795. The molecule has 1 unspecified atom stereocenters. The number of aromatic amines is 1. The highest BCUT2D eigenvalue weighted by atomic mass is 35.5. The summed E-state index contributed by atoms with van der Waals surface area (Å²) in [6, 6.07) is 7.59. The number of amides is 1. The van der Waals surface area contributed by atoms with Crippen LogP contribution in [-0.2, 0) is 6.54 Å². The molecular weight excluding hydrogens is 326 g/mol. The number of aromatic nitrogens is 2. The van der Waals surface area contributed by atoms with Crippen molar-refractivity contribution in [1.82, 2.24) is 15.1 Å². The highest BCUT2D eigenvalue weighted by molar-refractivity contribution is 6.30. The van der Waals surface area contributed by atoms with Crippen LogP contribution < -0.4 is 5.73 Å². The van der Waals surface area contributed by atoms with E-state index in [1.165, 1.54) is 6.20 Å². The van der Waals surface area contributed by atoms with Crippen molar-refractivity contribution in [1.29, 1.82) is 5.26 Å². The van der Waals surface area contributed by atoms with Crippen LogP contribution in [0.25, 0.3) is 0 Å². The molecule has 2 aromatic rings. The number of hydrogen-bond acceptors (Lipinski definition) is 4. The van der Waals surface area contributed by atoms with Gasteiger partial charge in [0.15, 0.2) is 0 Å². The van der Waals surface area contributed by atoms with Gasteiger partial charge in [-0.05, 0) is 37.1 Å². The Labute approximate surface area is 145 Å². The maximum atomic E-state index is 11.6. The monoisotopic (exact) mass is 343 g/mol. The summed E-state index contributed by atoms with van der Waals surface area (Å²) in [5.74, 6) is -0.478. The Kier molecular flexibility index (Phi) is 4.84. The molecule has 24 heavy (non-hydrogen) atoms. The number of carbonyl (C=O) groups excluding carboxylic acids is 1. The van der Waals surface area contributed by atoms with Gasteiger partial charge in [-0.3, -0.25) is 14.8 Å². The Morgan fingerprint density at radius 1 is 1.50 bits per heavy atom. The second-order valence-electron chi connectivity index (χ2n) is 5.96. The largest absolute Gasteiger partial charge is 0.365 e. The van der Waals surface area contributed by atoms with Crippen molar-refractivity contribution < 1.29 is 4.79 Å². The summed E-state index contributed by atoms with van der Waals surface area (Å²) in [4.78, 5) is 13.9. The summed E-state index contributed by atoms with van der Waals surface area (Å²) < 4.78 is 0. The van der Waals surface area contributed by atoms with Gasteiger partial charge in [0.25, 0.3) is 5.91 Å². The zero-order valence-corrected chi connectivity index (χ0v) is 13.9. The predicted molar refractivity (Wildman–Crippen MR) is 90.3 cm³/mol. The zero-order chi connectivity index (χ0) is 17.1. The van der Waals surface area contributed by atoms with Crippen LogP contribution in [0.4, 0.5) is 0 Å². The molecule has 1 aromatic heterocycles. The maximum absolute atomic E-state index is 11.6. The molecular formula is C17H18ClN5O. The lowest BCUT2D eigenvalue weighted by atomic mass is 9.95. The van der Waals surface area contributed by atoms with Gasteiger partial charge in [0.05, 0.1) is 35.1 Å². The van der Waals surface area contributed by atoms with E-state index < -0.39 is 5.91 Å². The number of nitrogens with zero attached hydrogens (tertiary/aromatic N) is 3. The summed E-state index contributed by atoms with van der Waals surface area (Å²) in [7, 11) is 0. The summed E-state index contributed by atoms with van der Waals surface area (Å²) in [6.45, 7) is 1.50. The third kappa shape index (κ3) is 3.28. The van der Waals surface area contributed by atoms with Crippen LogP contribution in [0.1, 0.15) is 52.5 Å². The molecule has 0 bridgehead atoms. The number of likely N-dealkylation sites (tertiary alicyclic amines) is 1. The van der Waals surface area contributed by atoms with Crippen molar-refractivity contribution in [3.8, 4) is 6.07 Å². The molecule has 0 aliphatic carbocycles. The maximum Gasteiger partial charge on any atom is 0.252 e. The smallest absolute Gasteiger partial charge is 0.252 e. The van der Waals surface area contributed by atoms with Crippen molar-refractivity contribution in [2.75, 3.05) is 6.54 Å². The van der Waals surface area contributed by atoms with Crippen LogP contribution in [0, 0.1) is 11.3 Å². The van der Waals surface area contributed by atoms with E-state index in [0.717, 1.165) is 37.1 Å². The molecule has 0 radical (unpaired) electrons. The second-order valence-corrected chi connectivity index (χ2v) is 6.39. The van der Waals surface area contributed by atoms with Gasteiger partial charge in [-0.25, -0.2) is 0 Å². The van der Waals surface area contributed by atoms with Gasteiger partial charge in [0.2, 0.25) is 0 Å². The van der Waals surface area contributed by atoms with Gasteiger partial charge in [0, 0.05) is 11.6 Å². The summed E-state index contributed by atoms with van der Waals surface area (Å²) in [6.07, 6.45) is 4.54. The highest BCUT2D eigenvalue weighted by Crippen LogP contribution is 2.33. The molecule has 7 heteroatoms. The van der Waals surface area contributed by atoms with E-state index in [0.29, 0.717) is 22.7 Å². The molecule has 2 heterocycles. The lowest BCUT2D eigenvalue weighted by Crippen LogP contribution is -2.34. The minimum absolute atomic E-state index is 0.0333. The number of nitrogens with two attached hydrogens (primary N) is 1. The SMILES string of the molecule is N#Cc1cc(Cl)ccc1CN1CCCCC1c1[nH]ncc1C(N)=O. The van der Waals surface area contributed by atoms with Gasteiger partial charge in [-0.1, -0.05) is 24.1 Å². The number of H-pyrrole nitrogens is 1. The topological polar surface area (TPSA) is 98.8 Å². The van der Waals surface area contributed by atoms with E-state index in [4.69, 9.17) is 17.3 Å². The predicted octanol–water partition coefficient (Wildman–Crippen LogP) is 2.76. The normalized spacial score (nSPS) is 18.2. The van der Waals surface area contributed by atoms with E-state index in [2.05, 4.69) is 21.2 Å². The first-order chi connectivity index (χ1) is 11.6. The number of halogens is 1. The Balaban J connectivity index is 1.90. The quantitative estimate of drug-likeness (QED) is 0.891. The first-order valence-electron chi connectivity index (χ1n) is 7.86.